The third kappa shape index (κ3) is 5.03. The van der Waals surface area contributed by atoms with Crippen molar-refractivity contribution in [3.8, 4) is 0 Å². The molecule has 0 spiro atoms. The Hall–Kier alpha value is -2.41. The second-order valence-corrected chi connectivity index (χ2v) is 7.79. The largest absolute Gasteiger partial charge is 0.326 e. The smallest absolute Gasteiger partial charge is 0.232 e. The van der Waals surface area contributed by atoms with Gasteiger partial charge in [-0.3, -0.25) is 9.10 Å². The zero-order chi connectivity index (χ0) is 18.6. The lowest BCUT2D eigenvalue weighted by molar-refractivity contribution is -0.116. The van der Waals surface area contributed by atoms with Gasteiger partial charge in [0, 0.05) is 18.7 Å². The predicted octanol–water partition coefficient (Wildman–Crippen LogP) is 3.24. The fourth-order valence-corrected chi connectivity index (χ4v) is 3.45. The van der Waals surface area contributed by atoms with Gasteiger partial charge in [0.05, 0.1) is 11.9 Å². The molecule has 0 bridgehead atoms. The number of rotatable bonds is 6. The molecule has 1 N–H and O–H groups in total. The van der Waals surface area contributed by atoms with Crippen LogP contribution in [-0.2, 0) is 14.8 Å². The molecule has 2 aromatic carbocycles. The number of benzene rings is 2. The Morgan fingerprint density at radius 1 is 1.12 bits per heavy atom. The molecule has 0 radical (unpaired) electrons. The van der Waals surface area contributed by atoms with Crippen LogP contribution in [0, 0.1) is 19.7 Å². The number of hydrogen-bond acceptors (Lipinski definition) is 3. The second-order valence-electron chi connectivity index (χ2n) is 5.88. The normalized spacial score (nSPS) is 11.2. The highest BCUT2D eigenvalue weighted by Crippen LogP contribution is 2.21. The van der Waals surface area contributed by atoms with E-state index in [0.717, 1.165) is 33.4 Å². The fraction of sp³-hybridized carbons (Fsp3) is 0.278. The minimum atomic E-state index is -3.63. The number of halogens is 1. The van der Waals surface area contributed by atoms with Gasteiger partial charge in [-0.2, -0.15) is 0 Å². The Bertz CT molecular complexity index is 861. The monoisotopic (exact) mass is 364 g/mol. The Morgan fingerprint density at radius 2 is 1.72 bits per heavy atom. The average molecular weight is 364 g/mol. The molecule has 1 amide bonds. The molecule has 0 aliphatic rings. The molecular formula is C18H21FN2O3S. The summed E-state index contributed by atoms with van der Waals surface area (Å²) in [5.41, 5.74) is 2.78. The summed E-state index contributed by atoms with van der Waals surface area (Å²) in [5.74, 6) is -0.839. The molecule has 2 aromatic rings. The van der Waals surface area contributed by atoms with E-state index in [-0.39, 0.29) is 24.6 Å². The first-order chi connectivity index (χ1) is 11.7. The molecule has 0 aliphatic heterocycles. The van der Waals surface area contributed by atoms with Gasteiger partial charge in [0.25, 0.3) is 0 Å². The number of aryl methyl sites for hydroxylation is 2. The SMILES string of the molecule is Cc1cccc(C)c1NC(=O)CCN(c1cccc(F)c1)S(C)(=O)=O. The maximum atomic E-state index is 13.4. The van der Waals surface area contributed by atoms with E-state index < -0.39 is 15.8 Å². The summed E-state index contributed by atoms with van der Waals surface area (Å²) in [5, 5.41) is 2.81. The number of para-hydroxylation sites is 1. The van der Waals surface area contributed by atoms with Gasteiger partial charge in [-0.1, -0.05) is 24.3 Å². The Balaban J connectivity index is 2.12. The molecule has 0 aromatic heterocycles. The van der Waals surface area contributed by atoms with Crippen molar-refractivity contribution >= 4 is 27.3 Å². The van der Waals surface area contributed by atoms with Crippen molar-refractivity contribution in [3.63, 3.8) is 0 Å². The highest BCUT2D eigenvalue weighted by atomic mass is 32.2. The number of nitrogens with zero attached hydrogens (tertiary/aromatic N) is 1. The van der Waals surface area contributed by atoms with Gasteiger partial charge < -0.3 is 5.32 Å². The number of carbonyl (C=O) groups excluding carboxylic acids is 1. The van der Waals surface area contributed by atoms with Crippen molar-refractivity contribution in [2.45, 2.75) is 20.3 Å². The van der Waals surface area contributed by atoms with Crippen LogP contribution in [-0.4, -0.2) is 27.1 Å². The fourth-order valence-electron chi connectivity index (χ4n) is 2.53. The first kappa shape index (κ1) is 18.9. The van der Waals surface area contributed by atoms with Crippen LogP contribution in [0.1, 0.15) is 17.5 Å². The Labute approximate surface area is 147 Å². The van der Waals surface area contributed by atoms with Gasteiger partial charge in [-0.15, -0.1) is 0 Å². The van der Waals surface area contributed by atoms with Crippen LogP contribution in [0.15, 0.2) is 42.5 Å². The summed E-state index contributed by atoms with van der Waals surface area (Å²) < 4.78 is 38.4. The molecule has 7 heteroatoms. The molecule has 0 heterocycles. The highest BCUT2D eigenvalue weighted by molar-refractivity contribution is 7.92. The summed E-state index contributed by atoms with van der Waals surface area (Å²) in [7, 11) is -3.63. The minimum Gasteiger partial charge on any atom is -0.326 e. The number of anilines is 2. The third-order valence-electron chi connectivity index (χ3n) is 3.78. The quantitative estimate of drug-likeness (QED) is 0.856. The molecule has 0 saturated heterocycles. The van der Waals surface area contributed by atoms with Crippen molar-refractivity contribution in [3.05, 3.63) is 59.4 Å². The summed E-state index contributed by atoms with van der Waals surface area (Å²) in [6.07, 6.45) is 0.985. The van der Waals surface area contributed by atoms with Gasteiger partial charge in [-0.05, 0) is 43.2 Å². The van der Waals surface area contributed by atoms with Crippen LogP contribution < -0.4 is 9.62 Å². The number of carbonyl (C=O) groups is 1. The third-order valence-corrected chi connectivity index (χ3v) is 4.98. The summed E-state index contributed by atoms with van der Waals surface area (Å²) >= 11 is 0. The molecule has 0 unspecified atom stereocenters. The van der Waals surface area contributed by atoms with E-state index in [1.54, 1.807) is 0 Å². The van der Waals surface area contributed by atoms with Crippen LogP contribution >= 0.6 is 0 Å². The molecule has 0 aliphatic carbocycles. The maximum absolute atomic E-state index is 13.4. The van der Waals surface area contributed by atoms with E-state index in [1.807, 2.05) is 32.0 Å². The maximum Gasteiger partial charge on any atom is 0.232 e. The number of amides is 1. The molecule has 25 heavy (non-hydrogen) atoms. The molecule has 5 nitrogen and oxygen atoms in total. The number of hydrogen-bond donors (Lipinski definition) is 1. The van der Waals surface area contributed by atoms with E-state index >= 15 is 0 Å². The zero-order valence-electron chi connectivity index (χ0n) is 14.4. The van der Waals surface area contributed by atoms with Crippen LogP contribution in [0.2, 0.25) is 0 Å². The standard InChI is InChI=1S/C18H21FN2O3S/c1-13-6-4-7-14(2)18(13)20-17(22)10-11-21(25(3,23)24)16-9-5-8-15(19)12-16/h4-9,12H,10-11H2,1-3H3,(H,20,22). The zero-order valence-corrected chi connectivity index (χ0v) is 15.2. The van der Waals surface area contributed by atoms with Gasteiger partial charge >= 0.3 is 0 Å². The second kappa shape index (κ2) is 7.65. The van der Waals surface area contributed by atoms with E-state index in [1.165, 1.54) is 18.2 Å². The highest BCUT2D eigenvalue weighted by Gasteiger charge is 2.19. The number of sulfonamides is 1. The molecule has 0 atom stereocenters. The summed E-state index contributed by atoms with van der Waals surface area (Å²) in [4.78, 5) is 12.2. The van der Waals surface area contributed by atoms with E-state index in [2.05, 4.69) is 5.32 Å². The van der Waals surface area contributed by atoms with Crippen molar-refractivity contribution in [2.24, 2.45) is 0 Å². The van der Waals surface area contributed by atoms with Gasteiger partial charge in [0.15, 0.2) is 0 Å². The van der Waals surface area contributed by atoms with Crippen LogP contribution in [0.25, 0.3) is 0 Å². The Morgan fingerprint density at radius 3 is 2.28 bits per heavy atom. The van der Waals surface area contributed by atoms with Gasteiger partial charge in [0.1, 0.15) is 5.82 Å². The summed E-state index contributed by atoms with van der Waals surface area (Å²) in [6.45, 7) is 3.70. The van der Waals surface area contributed by atoms with Gasteiger partial charge in [0.2, 0.25) is 15.9 Å². The van der Waals surface area contributed by atoms with Crippen molar-refractivity contribution < 1.29 is 17.6 Å². The van der Waals surface area contributed by atoms with E-state index in [0.29, 0.717) is 0 Å². The van der Waals surface area contributed by atoms with Crippen LogP contribution in [0.5, 0.6) is 0 Å². The van der Waals surface area contributed by atoms with Crippen LogP contribution in [0.4, 0.5) is 15.8 Å². The lowest BCUT2D eigenvalue weighted by Crippen LogP contribution is -2.33. The first-order valence-electron chi connectivity index (χ1n) is 7.78. The molecule has 0 fully saturated rings. The number of nitrogens with one attached hydrogen (secondary N) is 1. The molecular weight excluding hydrogens is 343 g/mol. The van der Waals surface area contributed by atoms with Gasteiger partial charge in [-0.25, -0.2) is 12.8 Å². The predicted molar refractivity (Wildman–Crippen MR) is 97.8 cm³/mol. The van der Waals surface area contributed by atoms with E-state index in [9.17, 15) is 17.6 Å². The van der Waals surface area contributed by atoms with Crippen LogP contribution in [0.3, 0.4) is 0 Å². The molecule has 134 valence electrons. The first-order valence-corrected chi connectivity index (χ1v) is 9.62. The lowest BCUT2D eigenvalue weighted by atomic mass is 10.1. The minimum absolute atomic E-state index is 0.0443. The topological polar surface area (TPSA) is 66.5 Å². The molecule has 0 saturated carbocycles. The van der Waals surface area contributed by atoms with E-state index in [4.69, 9.17) is 0 Å². The summed E-state index contributed by atoms with van der Waals surface area (Å²) in [6, 6.07) is 11.0. The van der Waals surface area contributed by atoms with Crippen molar-refractivity contribution in [1.29, 1.82) is 0 Å². The lowest BCUT2D eigenvalue weighted by Gasteiger charge is -2.22. The van der Waals surface area contributed by atoms with Crippen molar-refractivity contribution in [1.82, 2.24) is 0 Å². The average Bonchev–Trinajstić information content (AvgIpc) is 2.50. The molecule has 2 rings (SSSR count). The van der Waals surface area contributed by atoms with Crippen molar-refractivity contribution in [2.75, 3.05) is 22.4 Å². The Kier molecular flexibility index (Phi) is 5.79.